The van der Waals surface area contributed by atoms with Crippen molar-refractivity contribution < 1.29 is 23.9 Å². The van der Waals surface area contributed by atoms with Crippen LogP contribution >= 0.6 is 0 Å². The molecule has 0 aromatic carbocycles. The topological polar surface area (TPSA) is 120 Å². The first-order valence-electron chi connectivity index (χ1n) is 9.49. The molecule has 0 spiro atoms. The predicted octanol–water partition coefficient (Wildman–Crippen LogP) is 2.60. The fourth-order valence-electron chi connectivity index (χ4n) is 2.86. The van der Waals surface area contributed by atoms with Gasteiger partial charge in [0.1, 0.15) is 5.60 Å². The molecule has 1 fully saturated rings. The number of ether oxygens (including phenoxy) is 2. The first-order valence-corrected chi connectivity index (χ1v) is 13.2. The van der Waals surface area contributed by atoms with Crippen LogP contribution in [0.25, 0.3) is 0 Å². The van der Waals surface area contributed by atoms with Crippen LogP contribution in [-0.4, -0.2) is 50.5 Å². The molecule has 1 saturated carbocycles. The van der Waals surface area contributed by atoms with Crippen LogP contribution in [0, 0.1) is 5.92 Å². The maximum absolute atomic E-state index is 12.1. The Balaban J connectivity index is 2.66. The molecule has 1 aliphatic carbocycles. The molecule has 27 heavy (non-hydrogen) atoms. The van der Waals surface area contributed by atoms with E-state index in [1.54, 1.807) is 20.8 Å². The molecule has 0 saturated heterocycles. The summed E-state index contributed by atoms with van der Waals surface area (Å²) in [5.74, 6) is -0.743. The first-order chi connectivity index (χ1) is 12.3. The summed E-state index contributed by atoms with van der Waals surface area (Å²) in [5, 5.41) is 5.58. The molecule has 1 aliphatic rings. The number of hydrogen-bond acceptors (Lipinski definition) is 5. The smallest absolute Gasteiger partial charge is 0.407 e. The van der Waals surface area contributed by atoms with E-state index in [-0.39, 0.29) is 12.0 Å². The molecule has 3 atom stereocenters. The van der Waals surface area contributed by atoms with E-state index in [9.17, 15) is 14.4 Å². The van der Waals surface area contributed by atoms with Crippen molar-refractivity contribution in [1.82, 2.24) is 10.6 Å². The summed E-state index contributed by atoms with van der Waals surface area (Å²) in [5.41, 5.74) is 4.79. The van der Waals surface area contributed by atoms with Crippen LogP contribution in [0.5, 0.6) is 0 Å². The predicted molar refractivity (Wildman–Crippen MR) is 106 cm³/mol. The van der Waals surface area contributed by atoms with Gasteiger partial charge in [-0.3, -0.25) is 4.79 Å². The Hall–Kier alpha value is -1.77. The quantitative estimate of drug-likeness (QED) is 0.591. The van der Waals surface area contributed by atoms with E-state index < -0.39 is 37.8 Å². The van der Waals surface area contributed by atoms with Crippen molar-refractivity contribution in [2.45, 2.75) is 83.4 Å². The molecule has 1 rings (SSSR count). The fraction of sp³-hybridized carbons (Fsp3) is 0.833. The monoisotopic (exact) mass is 401 g/mol. The van der Waals surface area contributed by atoms with E-state index in [1.807, 2.05) is 0 Å². The number of primary amides is 1. The summed E-state index contributed by atoms with van der Waals surface area (Å²) in [4.78, 5) is 35.8. The van der Waals surface area contributed by atoms with Crippen LogP contribution < -0.4 is 16.4 Å². The number of alkyl carbamates (subject to hydrolysis) is 2. The molecule has 0 radical (unpaired) electrons. The van der Waals surface area contributed by atoms with Gasteiger partial charge in [-0.25, -0.2) is 9.59 Å². The van der Waals surface area contributed by atoms with Gasteiger partial charge in [0, 0.05) is 14.0 Å². The van der Waals surface area contributed by atoms with E-state index in [0.29, 0.717) is 25.9 Å². The number of carbonyl (C=O) groups is 3. The highest BCUT2D eigenvalue weighted by Gasteiger charge is 2.36. The van der Waals surface area contributed by atoms with Gasteiger partial charge in [-0.15, -0.1) is 0 Å². The zero-order valence-electron chi connectivity index (χ0n) is 17.4. The number of rotatable bonds is 6. The Morgan fingerprint density at radius 1 is 1.04 bits per heavy atom. The second-order valence-electron chi connectivity index (χ2n) is 9.36. The number of amides is 3. The molecule has 156 valence electrons. The lowest BCUT2D eigenvalue weighted by Crippen LogP contribution is -2.56. The molecule has 0 aromatic rings. The summed E-state index contributed by atoms with van der Waals surface area (Å²) in [6, 6.07) is 0.0946. The molecule has 0 aliphatic heterocycles. The molecule has 3 amide bonds. The minimum absolute atomic E-state index is 0.340. The third kappa shape index (κ3) is 9.65. The zero-order valence-corrected chi connectivity index (χ0v) is 18.4. The second kappa shape index (κ2) is 9.43. The van der Waals surface area contributed by atoms with E-state index in [1.165, 1.54) is 0 Å². The minimum Gasteiger partial charge on any atom is -0.450 e. The van der Waals surface area contributed by atoms with Crippen molar-refractivity contribution in [1.29, 1.82) is 0 Å². The lowest BCUT2D eigenvalue weighted by molar-refractivity contribution is -0.123. The van der Waals surface area contributed by atoms with Crippen LogP contribution in [0.3, 0.4) is 0 Å². The van der Waals surface area contributed by atoms with Crippen LogP contribution in [-0.2, 0) is 14.3 Å². The van der Waals surface area contributed by atoms with Crippen LogP contribution in [0.1, 0.15) is 40.0 Å². The van der Waals surface area contributed by atoms with Gasteiger partial charge in [-0.2, -0.15) is 0 Å². The molecule has 0 heterocycles. The zero-order chi connectivity index (χ0) is 20.8. The number of nitrogens with one attached hydrogen (secondary N) is 2. The molecular weight excluding hydrogens is 366 g/mol. The third-order valence-electron chi connectivity index (χ3n) is 4.34. The summed E-state index contributed by atoms with van der Waals surface area (Å²) >= 11 is 0. The molecule has 0 unspecified atom stereocenters. The minimum atomic E-state index is -1.29. The van der Waals surface area contributed by atoms with Crippen molar-refractivity contribution in [2.75, 3.05) is 6.61 Å². The Labute approximate surface area is 162 Å². The van der Waals surface area contributed by atoms with E-state index in [4.69, 9.17) is 15.2 Å². The van der Waals surface area contributed by atoms with Crippen molar-refractivity contribution in [2.24, 2.45) is 11.7 Å². The van der Waals surface area contributed by atoms with Crippen LogP contribution in [0.4, 0.5) is 9.59 Å². The summed E-state index contributed by atoms with van der Waals surface area (Å²) in [7, 11) is -1.29. The Bertz CT molecular complexity index is 542. The normalized spacial score (nSPS) is 23.3. The third-order valence-corrected chi connectivity index (χ3v) is 6.05. The summed E-state index contributed by atoms with van der Waals surface area (Å²) < 4.78 is 10.6. The number of hydrogen-bond donors (Lipinski definition) is 3. The van der Waals surface area contributed by atoms with Crippen molar-refractivity contribution in [3.8, 4) is 0 Å². The van der Waals surface area contributed by atoms with Crippen molar-refractivity contribution >= 4 is 26.2 Å². The van der Waals surface area contributed by atoms with Crippen molar-refractivity contribution in [3.63, 3.8) is 0 Å². The van der Waals surface area contributed by atoms with E-state index >= 15 is 0 Å². The fourth-order valence-corrected chi connectivity index (χ4v) is 3.58. The maximum atomic E-state index is 12.1. The molecule has 0 aromatic heterocycles. The summed E-state index contributed by atoms with van der Waals surface area (Å²) in [6.45, 7) is 12.3. The maximum Gasteiger partial charge on any atom is 0.407 e. The number of carbonyl (C=O) groups excluding carboxylic acids is 3. The van der Waals surface area contributed by atoms with Gasteiger partial charge in [0.15, 0.2) is 0 Å². The molecular formula is C18H35N3O5Si. The van der Waals surface area contributed by atoms with E-state index in [2.05, 4.69) is 30.3 Å². The standard InChI is InChI=1S/C18H35N3O5Si/c1-18(2,3)26-17(24)21-14-11-12(15(19)22)7-8-13(14)20-16(23)25-9-10-27(4,5)6/h12-14H,7-11H2,1-6H3,(H2,19,22)(H,20,23)(H,21,24)/t12-,13-,14+/m0/s1. The largest absolute Gasteiger partial charge is 0.450 e. The van der Waals surface area contributed by atoms with Gasteiger partial charge >= 0.3 is 12.2 Å². The SMILES string of the molecule is CC(C)(C)OC(=O)N[C@@H]1C[C@@H](C(N)=O)CC[C@@H]1NC(=O)OCC[Si](C)(C)C. The molecule has 4 N–H and O–H groups in total. The van der Waals surface area contributed by atoms with E-state index in [0.717, 1.165) is 6.04 Å². The lowest BCUT2D eigenvalue weighted by atomic mass is 9.82. The van der Waals surface area contributed by atoms with Gasteiger partial charge in [0.05, 0.1) is 18.7 Å². The lowest BCUT2D eigenvalue weighted by Gasteiger charge is -2.36. The highest BCUT2D eigenvalue weighted by Crippen LogP contribution is 2.25. The summed E-state index contributed by atoms with van der Waals surface area (Å²) in [6.07, 6.45) is 0.344. The molecule has 8 nitrogen and oxygen atoms in total. The number of nitrogens with two attached hydrogens (primary N) is 1. The van der Waals surface area contributed by atoms with Crippen LogP contribution in [0.15, 0.2) is 0 Å². The highest BCUT2D eigenvalue weighted by atomic mass is 28.3. The van der Waals surface area contributed by atoms with Gasteiger partial charge < -0.3 is 25.8 Å². The molecule has 9 heteroatoms. The van der Waals surface area contributed by atoms with Gasteiger partial charge in [0.25, 0.3) is 0 Å². The van der Waals surface area contributed by atoms with Crippen molar-refractivity contribution in [3.05, 3.63) is 0 Å². The Morgan fingerprint density at radius 3 is 2.15 bits per heavy atom. The average Bonchev–Trinajstić information content (AvgIpc) is 2.45. The van der Waals surface area contributed by atoms with Gasteiger partial charge in [-0.05, 0) is 46.1 Å². The van der Waals surface area contributed by atoms with Gasteiger partial charge in [0.2, 0.25) is 5.91 Å². The molecule has 0 bridgehead atoms. The Kier molecular flexibility index (Phi) is 8.13. The van der Waals surface area contributed by atoms with Crippen LogP contribution in [0.2, 0.25) is 25.7 Å². The second-order valence-corrected chi connectivity index (χ2v) is 15.0. The first kappa shape index (κ1) is 23.3. The van der Waals surface area contributed by atoms with Gasteiger partial charge in [-0.1, -0.05) is 19.6 Å². The Morgan fingerprint density at radius 2 is 1.63 bits per heavy atom. The highest BCUT2D eigenvalue weighted by molar-refractivity contribution is 6.76. The average molecular weight is 402 g/mol.